The molecule has 10 heteroatoms. The Labute approximate surface area is 169 Å². The van der Waals surface area contributed by atoms with Crippen LogP contribution in [0.15, 0.2) is 23.1 Å². The van der Waals surface area contributed by atoms with Crippen LogP contribution in [-0.2, 0) is 14.8 Å². The van der Waals surface area contributed by atoms with Crippen LogP contribution >= 0.6 is 11.6 Å². The van der Waals surface area contributed by atoms with Gasteiger partial charge in [0.25, 0.3) is 0 Å². The van der Waals surface area contributed by atoms with Crippen LogP contribution in [0.5, 0.6) is 0 Å². The number of aromatic carboxylic acids is 1. The number of ether oxygens (including phenoxy) is 1. The Morgan fingerprint density at radius 1 is 1.32 bits per heavy atom. The van der Waals surface area contributed by atoms with Crippen molar-refractivity contribution < 1.29 is 27.9 Å². The maximum absolute atomic E-state index is 12.6. The number of halogens is 1. The van der Waals surface area contributed by atoms with E-state index in [0.717, 1.165) is 25.0 Å². The maximum atomic E-state index is 12.6. The fraction of sp³-hybridized carbons (Fsp3) is 0.556. The molecule has 1 amide bonds. The van der Waals surface area contributed by atoms with Crippen LogP contribution in [0.2, 0.25) is 5.02 Å². The van der Waals surface area contributed by atoms with Crippen molar-refractivity contribution in [2.24, 2.45) is 0 Å². The Hall–Kier alpha value is -1.84. The number of benzene rings is 1. The monoisotopic (exact) mass is 432 g/mol. The van der Waals surface area contributed by atoms with Crippen molar-refractivity contribution in [1.82, 2.24) is 9.62 Å². The normalized spacial score (nSPS) is 18.0. The second-order valence-corrected chi connectivity index (χ2v) is 9.80. The van der Waals surface area contributed by atoms with Crippen LogP contribution in [0.1, 0.15) is 50.4 Å². The summed E-state index contributed by atoms with van der Waals surface area (Å²) >= 11 is 5.86. The zero-order valence-corrected chi connectivity index (χ0v) is 17.6. The third kappa shape index (κ3) is 5.83. The number of carbonyl (C=O) groups excluding carboxylic acids is 1. The van der Waals surface area contributed by atoms with Crippen LogP contribution in [0.25, 0.3) is 0 Å². The van der Waals surface area contributed by atoms with Gasteiger partial charge in [-0.15, -0.1) is 0 Å². The molecule has 0 bridgehead atoms. The summed E-state index contributed by atoms with van der Waals surface area (Å²) in [6, 6.07) is 3.10. The Morgan fingerprint density at radius 2 is 2.00 bits per heavy atom. The lowest BCUT2D eigenvalue weighted by molar-refractivity contribution is 0.0105. The second-order valence-electron chi connectivity index (χ2n) is 7.62. The molecule has 156 valence electrons. The van der Waals surface area contributed by atoms with E-state index in [2.05, 4.69) is 4.72 Å². The Balaban J connectivity index is 2.10. The summed E-state index contributed by atoms with van der Waals surface area (Å²) in [6.07, 6.45) is 1.89. The van der Waals surface area contributed by atoms with Crippen molar-refractivity contribution in [3.63, 3.8) is 0 Å². The summed E-state index contributed by atoms with van der Waals surface area (Å²) in [7, 11) is -3.92. The molecule has 2 N–H and O–H groups in total. The van der Waals surface area contributed by atoms with E-state index < -0.39 is 27.7 Å². The number of rotatable bonds is 5. The number of hydrogen-bond donors (Lipinski definition) is 2. The molecule has 1 aromatic rings. The summed E-state index contributed by atoms with van der Waals surface area (Å²) in [5.41, 5.74) is -0.815. The first-order chi connectivity index (χ1) is 12.9. The van der Waals surface area contributed by atoms with Crippen LogP contribution < -0.4 is 4.72 Å². The van der Waals surface area contributed by atoms with Gasteiger partial charge < -0.3 is 14.7 Å². The molecule has 1 saturated heterocycles. The van der Waals surface area contributed by atoms with Gasteiger partial charge in [-0.05, 0) is 58.2 Å². The topological polar surface area (TPSA) is 113 Å². The number of carboxylic acids is 1. The number of sulfonamides is 1. The minimum Gasteiger partial charge on any atom is -0.478 e. The summed E-state index contributed by atoms with van der Waals surface area (Å²) in [5, 5.41) is 8.83. The van der Waals surface area contributed by atoms with E-state index in [1.54, 1.807) is 25.7 Å². The Kier molecular flexibility index (Phi) is 6.95. The van der Waals surface area contributed by atoms with Gasteiger partial charge in [0, 0.05) is 19.1 Å². The molecule has 0 aromatic heterocycles. The van der Waals surface area contributed by atoms with Gasteiger partial charge in [0.2, 0.25) is 10.0 Å². The van der Waals surface area contributed by atoms with Crippen LogP contribution in [-0.4, -0.2) is 55.2 Å². The minimum atomic E-state index is -3.92. The zero-order chi connectivity index (χ0) is 21.1. The van der Waals surface area contributed by atoms with Crippen LogP contribution in [0, 0.1) is 0 Å². The van der Waals surface area contributed by atoms with Gasteiger partial charge in [-0.1, -0.05) is 11.6 Å². The molecule has 1 aliphatic rings. The number of piperidine rings is 1. The molecule has 2 rings (SSSR count). The fourth-order valence-electron chi connectivity index (χ4n) is 2.90. The molecule has 0 spiro atoms. The van der Waals surface area contributed by atoms with E-state index in [9.17, 15) is 18.0 Å². The highest BCUT2D eigenvalue weighted by Crippen LogP contribution is 2.23. The molecule has 1 heterocycles. The predicted octanol–water partition coefficient (Wildman–Crippen LogP) is 3.11. The van der Waals surface area contributed by atoms with Gasteiger partial charge >= 0.3 is 12.1 Å². The van der Waals surface area contributed by atoms with Crippen LogP contribution in [0.3, 0.4) is 0 Å². The Morgan fingerprint density at radius 3 is 2.57 bits per heavy atom. The molecule has 8 nitrogen and oxygen atoms in total. The number of nitrogens with one attached hydrogen (secondary N) is 1. The van der Waals surface area contributed by atoms with E-state index in [1.165, 1.54) is 6.07 Å². The largest absolute Gasteiger partial charge is 0.478 e. The predicted molar refractivity (Wildman–Crippen MR) is 104 cm³/mol. The molecular formula is C18H25ClN2O6S. The molecule has 28 heavy (non-hydrogen) atoms. The van der Waals surface area contributed by atoms with E-state index in [4.69, 9.17) is 21.4 Å². The molecular weight excluding hydrogens is 408 g/mol. The van der Waals surface area contributed by atoms with Gasteiger partial charge in [0.1, 0.15) is 5.60 Å². The van der Waals surface area contributed by atoms with Crippen molar-refractivity contribution in [2.45, 2.75) is 56.6 Å². The number of carboxylic acid groups (broad SMARTS) is 1. The number of likely N-dealkylation sites (tertiary alicyclic amines) is 1. The lowest BCUT2D eigenvalue weighted by Gasteiger charge is -2.36. The standard InChI is InChI=1S/C18H25ClN2O6S/c1-18(2,3)27-17(24)21-9-5-4-6-12(21)11-20-28(25,26)13-7-8-14(16(22)23)15(19)10-13/h7-8,10,12,20H,4-6,9,11H2,1-3H3,(H,22,23). The lowest BCUT2D eigenvalue weighted by atomic mass is 10.0. The van der Waals surface area contributed by atoms with Gasteiger partial charge in [0.05, 0.1) is 15.5 Å². The van der Waals surface area contributed by atoms with Crippen molar-refractivity contribution in [1.29, 1.82) is 0 Å². The minimum absolute atomic E-state index is 0.0277. The molecule has 1 aromatic carbocycles. The first-order valence-corrected chi connectivity index (χ1v) is 10.8. The van der Waals surface area contributed by atoms with E-state index in [-0.39, 0.29) is 28.1 Å². The van der Waals surface area contributed by atoms with E-state index in [1.807, 2.05) is 0 Å². The smallest absolute Gasteiger partial charge is 0.410 e. The summed E-state index contributed by atoms with van der Waals surface area (Å²) in [4.78, 5) is 24.8. The zero-order valence-electron chi connectivity index (χ0n) is 16.1. The summed E-state index contributed by atoms with van der Waals surface area (Å²) < 4.78 is 33.0. The third-order valence-corrected chi connectivity index (χ3v) is 5.98. The Bertz CT molecular complexity index is 850. The molecule has 0 saturated carbocycles. The molecule has 0 aliphatic carbocycles. The molecule has 1 aliphatic heterocycles. The van der Waals surface area contributed by atoms with Gasteiger partial charge in [0.15, 0.2) is 0 Å². The van der Waals surface area contributed by atoms with Gasteiger partial charge in [-0.2, -0.15) is 0 Å². The number of amides is 1. The van der Waals surface area contributed by atoms with Gasteiger partial charge in [-0.3, -0.25) is 0 Å². The van der Waals surface area contributed by atoms with E-state index >= 15 is 0 Å². The SMILES string of the molecule is CC(C)(C)OC(=O)N1CCCCC1CNS(=O)(=O)c1ccc(C(=O)O)c(Cl)c1. The fourth-order valence-corrected chi connectivity index (χ4v) is 4.32. The molecule has 1 atom stereocenters. The van der Waals surface area contributed by atoms with Crippen molar-refractivity contribution in [2.75, 3.05) is 13.1 Å². The van der Waals surface area contributed by atoms with Crippen molar-refractivity contribution in [3.8, 4) is 0 Å². The van der Waals surface area contributed by atoms with Crippen molar-refractivity contribution in [3.05, 3.63) is 28.8 Å². The quantitative estimate of drug-likeness (QED) is 0.739. The maximum Gasteiger partial charge on any atom is 0.410 e. The first-order valence-electron chi connectivity index (χ1n) is 8.93. The molecule has 1 unspecified atom stereocenters. The average Bonchev–Trinajstić information content (AvgIpc) is 2.58. The average molecular weight is 433 g/mol. The number of carbonyl (C=O) groups is 2. The first kappa shape index (κ1) is 22.4. The molecule has 0 radical (unpaired) electrons. The highest BCUT2D eigenvalue weighted by atomic mass is 35.5. The molecule has 1 fully saturated rings. The van der Waals surface area contributed by atoms with Gasteiger partial charge in [-0.25, -0.2) is 22.7 Å². The van der Waals surface area contributed by atoms with E-state index in [0.29, 0.717) is 13.0 Å². The highest BCUT2D eigenvalue weighted by Gasteiger charge is 2.31. The highest BCUT2D eigenvalue weighted by molar-refractivity contribution is 7.89. The lowest BCUT2D eigenvalue weighted by Crippen LogP contribution is -2.50. The van der Waals surface area contributed by atoms with Crippen molar-refractivity contribution >= 4 is 33.7 Å². The number of nitrogens with zero attached hydrogens (tertiary/aromatic N) is 1. The number of hydrogen-bond acceptors (Lipinski definition) is 5. The summed E-state index contributed by atoms with van der Waals surface area (Å²) in [5.74, 6) is -1.24. The second kappa shape index (κ2) is 8.67. The third-order valence-electron chi connectivity index (χ3n) is 4.25. The summed E-state index contributed by atoms with van der Waals surface area (Å²) in [6.45, 7) is 5.85. The van der Waals surface area contributed by atoms with Crippen LogP contribution in [0.4, 0.5) is 4.79 Å².